The van der Waals surface area contributed by atoms with Crippen LogP contribution in [-0.2, 0) is 21.9 Å². The third-order valence-electron chi connectivity index (χ3n) is 1.80. The molecule has 0 amide bonds. The van der Waals surface area contributed by atoms with Gasteiger partial charge in [-0.3, -0.25) is 4.79 Å². The van der Waals surface area contributed by atoms with Gasteiger partial charge in [0.05, 0.1) is 6.04 Å². The molecule has 5 heteroatoms. The fraction of sp³-hybridized carbons (Fsp3) is 0.222. The van der Waals surface area contributed by atoms with Gasteiger partial charge < -0.3 is 5.73 Å². The van der Waals surface area contributed by atoms with Gasteiger partial charge in [0.25, 0.3) is 5.12 Å². The zero-order valence-corrected chi connectivity index (χ0v) is 8.31. The molecule has 0 aromatic heterocycles. The zero-order chi connectivity index (χ0) is 10.6. The lowest BCUT2D eigenvalue weighted by Gasteiger charge is -2.05. The molecule has 0 fully saturated rings. The van der Waals surface area contributed by atoms with Crippen LogP contribution in [0.25, 0.3) is 0 Å². The predicted octanol–water partition coefficient (Wildman–Crippen LogP) is -0.306. The molecule has 1 aromatic rings. The Balaban J connectivity index is 2.66. The van der Waals surface area contributed by atoms with E-state index in [0.717, 1.165) is 5.56 Å². The molecule has 0 aliphatic carbocycles. The van der Waals surface area contributed by atoms with Crippen molar-refractivity contribution in [2.45, 2.75) is 12.5 Å². The van der Waals surface area contributed by atoms with Crippen LogP contribution < -0.4 is 5.73 Å². The van der Waals surface area contributed by atoms with E-state index in [1.54, 1.807) is 12.1 Å². The van der Waals surface area contributed by atoms with Crippen LogP contribution in [-0.4, -0.2) is 19.6 Å². The van der Waals surface area contributed by atoms with E-state index in [1.807, 2.05) is 18.2 Å². The van der Waals surface area contributed by atoms with Crippen molar-refractivity contribution >= 4 is 15.8 Å². The number of hydrogen-bond acceptors (Lipinski definition) is 4. The highest BCUT2D eigenvalue weighted by atomic mass is 32.2. The number of hydrogen-bond donors (Lipinski definition) is 2. The third-order valence-corrected chi connectivity index (χ3v) is 2.49. The molecule has 1 aromatic carbocycles. The largest absolute Gasteiger partial charge is 0.320 e. The second-order valence-electron chi connectivity index (χ2n) is 2.89. The minimum Gasteiger partial charge on any atom is -0.320 e. The summed E-state index contributed by atoms with van der Waals surface area (Å²) >= 11 is 0. The maximum atomic E-state index is 10.9. The number of benzene rings is 1. The first kappa shape index (κ1) is 10.9. The van der Waals surface area contributed by atoms with Gasteiger partial charge in [0, 0.05) is 0 Å². The van der Waals surface area contributed by atoms with Crippen LogP contribution >= 0.6 is 0 Å². The molecule has 0 radical (unpaired) electrons. The number of carbonyl (C=O) groups excluding carboxylic acids is 1. The molecule has 4 nitrogen and oxygen atoms in total. The Kier molecular flexibility index (Phi) is 3.79. The van der Waals surface area contributed by atoms with Crippen molar-refractivity contribution in [1.82, 2.24) is 0 Å². The highest BCUT2D eigenvalue weighted by molar-refractivity contribution is 7.89. The van der Waals surface area contributed by atoms with E-state index in [9.17, 15) is 13.2 Å². The Bertz CT molecular complexity index is 378. The minimum atomic E-state index is -3.06. The number of carbonyl (C=O) groups is 1. The van der Waals surface area contributed by atoms with E-state index in [-0.39, 0.29) is 6.42 Å². The molecule has 0 heterocycles. The molecule has 0 aliphatic rings. The van der Waals surface area contributed by atoms with Crippen LogP contribution in [0.2, 0.25) is 0 Å². The lowest BCUT2D eigenvalue weighted by Crippen LogP contribution is -2.33. The Labute approximate surface area is 83.7 Å². The number of thiol groups is 1. The van der Waals surface area contributed by atoms with Crippen molar-refractivity contribution in [3.8, 4) is 0 Å². The lowest BCUT2D eigenvalue weighted by atomic mass is 10.1. The number of rotatable bonds is 3. The highest BCUT2D eigenvalue weighted by Crippen LogP contribution is 2.02. The normalized spacial score (nSPS) is 12.7. The van der Waals surface area contributed by atoms with E-state index < -0.39 is 21.9 Å². The molecule has 0 saturated heterocycles. The summed E-state index contributed by atoms with van der Waals surface area (Å²) in [5.41, 5.74) is 6.27. The van der Waals surface area contributed by atoms with E-state index in [0.29, 0.717) is 0 Å². The molecule has 0 spiro atoms. The van der Waals surface area contributed by atoms with Gasteiger partial charge in [0.2, 0.25) is 10.7 Å². The average Bonchev–Trinajstić information content (AvgIpc) is 2.18. The van der Waals surface area contributed by atoms with Gasteiger partial charge in [0.15, 0.2) is 0 Å². The molecular formula is C9H11NO3S. The first-order valence-corrected chi connectivity index (χ1v) is 5.26. The van der Waals surface area contributed by atoms with Gasteiger partial charge in [-0.25, -0.2) is 8.42 Å². The maximum absolute atomic E-state index is 10.9. The zero-order valence-electron chi connectivity index (χ0n) is 7.42. The fourth-order valence-electron chi connectivity index (χ4n) is 1.09. The summed E-state index contributed by atoms with van der Waals surface area (Å²) in [6.45, 7) is 0. The smallest absolute Gasteiger partial charge is 0.260 e. The molecule has 1 atom stereocenters. The van der Waals surface area contributed by atoms with Crippen molar-refractivity contribution in [1.29, 1.82) is 0 Å². The van der Waals surface area contributed by atoms with Crippen molar-refractivity contribution < 1.29 is 13.2 Å². The molecule has 0 saturated carbocycles. The quantitative estimate of drug-likeness (QED) is 0.675. The SMILES string of the molecule is N[C@@H](Cc1ccccc1)C(=O)[SH](=O)=O. The van der Waals surface area contributed by atoms with Crippen LogP contribution in [0.4, 0.5) is 0 Å². The van der Waals surface area contributed by atoms with Gasteiger partial charge in [-0.05, 0) is 12.0 Å². The van der Waals surface area contributed by atoms with Gasteiger partial charge >= 0.3 is 0 Å². The second kappa shape index (κ2) is 4.88. The molecule has 14 heavy (non-hydrogen) atoms. The van der Waals surface area contributed by atoms with Crippen molar-refractivity contribution in [3.05, 3.63) is 35.9 Å². The van der Waals surface area contributed by atoms with Gasteiger partial charge in [-0.2, -0.15) is 0 Å². The van der Waals surface area contributed by atoms with Crippen LogP contribution in [0.1, 0.15) is 5.56 Å². The highest BCUT2D eigenvalue weighted by Gasteiger charge is 2.15. The lowest BCUT2D eigenvalue weighted by molar-refractivity contribution is -0.112. The van der Waals surface area contributed by atoms with Gasteiger partial charge in [0.1, 0.15) is 0 Å². The van der Waals surface area contributed by atoms with E-state index >= 15 is 0 Å². The van der Waals surface area contributed by atoms with Crippen molar-refractivity contribution in [2.24, 2.45) is 5.73 Å². The third kappa shape index (κ3) is 2.93. The Hall–Kier alpha value is -1.20. The molecule has 0 unspecified atom stereocenters. The summed E-state index contributed by atoms with van der Waals surface area (Å²) in [7, 11) is -3.06. The summed E-state index contributed by atoms with van der Waals surface area (Å²) in [6, 6.07) is 8.09. The van der Waals surface area contributed by atoms with Crippen LogP contribution in [0.15, 0.2) is 30.3 Å². The maximum Gasteiger partial charge on any atom is 0.260 e. The summed E-state index contributed by atoms with van der Waals surface area (Å²) in [5, 5.41) is -0.913. The number of nitrogens with two attached hydrogens (primary N) is 1. The first-order valence-electron chi connectivity index (χ1n) is 4.09. The van der Waals surface area contributed by atoms with E-state index in [4.69, 9.17) is 5.73 Å². The standard InChI is InChI=1S/C9H11NO3S/c10-8(9(11)14(12)13)6-7-4-2-1-3-5-7/h1-5,8,14H,6,10H2/t8-/m0/s1. The average molecular weight is 213 g/mol. The summed E-state index contributed by atoms with van der Waals surface area (Å²) < 4.78 is 20.7. The van der Waals surface area contributed by atoms with Crippen molar-refractivity contribution in [2.75, 3.05) is 0 Å². The Morgan fingerprint density at radius 1 is 1.29 bits per heavy atom. The summed E-state index contributed by atoms with van der Waals surface area (Å²) in [6.07, 6.45) is 0.253. The van der Waals surface area contributed by atoms with E-state index in [1.165, 1.54) is 0 Å². The molecule has 2 N–H and O–H groups in total. The topological polar surface area (TPSA) is 77.2 Å². The summed E-state index contributed by atoms with van der Waals surface area (Å²) in [4.78, 5) is 10.9. The van der Waals surface area contributed by atoms with Gasteiger partial charge in [-0.15, -0.1) is 0 Å². The second-order valence-corrected chi connectivity index (χ2v) is 3.85. The molecule has 0 bridgehead atoms. The van der Waals surface area contributed by atoms with Crippen molar-refractivity contribution in [3.63, 3.8) is 0 Å². The van der Waals surface area contributed by atoms with Crippen LogP contribution in [0, 0.1) is 0 Å². The minimum absolute atomic E-state index is 0.253. The molecule has 1 rings (SSSR count). The van der Waals surface area contributed by atoms with Gasteiger partial charge in [-0.1, -0.05) is 30.3 Å². The van der Waals surface area contributed by atoms with Crippen LogP contribution in [0.5, 0.6) is 0 Å². The monoisotopic (exact) mass is 213 g/mol. The molecule has 76 valence electrons. The summed E-state index contributed by atoms with van der Waals surface area (Å²) in [5.74, 6) is 0. The molecule has 0 aliphatic heterocycles. The fourth-order valence-corrected chi connectivity index (χ4v) is 1.45. The first-order chi connectivity index (χ1) is 6.61. The molecular weight excluding hydrogens is 202 g/mol. The Morgan fingerprint density at radius 2 is 1.86 bits per heavy atom. The van der Waals surface area contributed by atoms with Crippen LogP contribution in [0.3, 0.4) is 0 Å². The predicted molar refractivity (Wildman–Crippen MR) is 53.4 cm³/mol. The Morgan fingerprint density at radius 3 is 2.36 bits per heavy atom. The van der Waals surface area contributed by atoms with E-state index in [2.05, 4.69) is 0 Å².